The van der Waals surface area contributed by atoms with Gasteiger partial charge in [-0.05, 0) is 48.7 Å². The number of aryl methyl sites for hydroxylation is 2. The summed E-state index contributed by atoms with van der Waals surface area (Å²) in [5.41, 5.74) is 5.01. The van der Waals surface area contributed by atoms with Crippen molar-refractivity contribution in [2.24, 2.45) is 0 Å². The van der Waals surface area contributed by atoms with Crippen molar-refractivity contribution in [3.63, 3.8) is 0 Å². The van der Waals surface area contributed by atoms with E-state index in [1.807, 2.05) is 44.2 Å². The molecule has 0 aromatic heterocycles. The number of esters is 1. The molecule has 0 bridgehead atoms. The van der Waals surface area contributed by atoms with Gasteiger partial charge in [-0.3, -0.25) is 9.59 Å². The van der Waals surface area contributed by atoms with Crippen molar-refractivity contribution in [3.05, 3.63) is 52.6 Å². The van der Waals surface area contributed by atoms with Crippen LogP contribution in [-0.2, 0) is 20.7 Å². The fraction of sp³-hybridized carbons (Fsp3) is 0.417. The number of hydrogen-bond acceptors (Lipinski definition) is 5. The molecule has 0 aliphatic carbocycles. The second kappa shape index (κ2) is 9.83. The zero-order valence-electron chi connectivity index (χ0n) is 18.8. The predicted octanol–water partition coefficient (Wildman–Crippen LogP) is 2.00. The number of carbonyl (C=O) groups excluding carboxylic acids is 2. The summed E-state index contributed by atoms with van der Waals surface area (Å²) in [7, 11) is 4.58. The molecule has 3 rings (SSSR count). The molecule has 2 N–H and O–H groups in total. The average molecular weight is 428 g/mol. The zero-order valence-corrected chi connectivity index (χ0v) is 18.8. The normalized spacial score (nSPS) is 17.5. The monoisotopic (exact) mass is 427 g/mol. The number of methoxy groups -OCH3 is 3. The van der Waals surface area contributed by atoms with Gasteiger partial charge >= 0.3 is 5.97 Å². The van der Waals surface area contributed by atoms with Gasteiger partial charge in [-0.2, -0.15) is 0 Å². The van der Waals surface area contributed by atoms with Gasteiger partial charge in [0.1, 0.15) is 12.5 Å². The van der Waals surface area contributed by atoms with E-state index in [1.165, 1.54) is 7.11 Å². The van der Waals surface area contributed by atoms with Crippen molar-refractivity contribution in [1.29, 1.82) is 0 Å². The first kappa shape index (κ1) is 22.6. The Bertz CT molecular complexity index is 973. The summed E-state index contributed by atoms with van der Waals surface area (Å²) in [4.78, 5) is 26.1. The Morgan fingerprint density at radius 1 is 1.06 bits per heavy atom. The fourth-order valence-corrected chi connectivity index (χ4v) is 4.15. The minimum atomic E-state index is -0.305. The highest BCUT2D eigenvalue weighted by atomic mass is 16.5. The molecule has 2 atom stereocenters. The molecule has 31 heavy (non-hydrogen) atoms. The second-order valence-electron chi connectivity index (χ2n) is 7.94. The lowest BCUT2D eigenvalue weighted by molar-refractivity contribution is -0.925. The predicted molar refractivity (Wildman–Crippen MR) is 118 cm³/mol. The van der Waals surface area contributed by atoms with Crippen LogP contribution in [0.3, 0.4) is 0 Å². The molecule has 2 aromatic carbocycles. The van der Waals surface area contributed by atoms with Gasteiger partial charge in [0.25, 0.3) is 5.91 Å². The summed E-state index contributed by atoms with van der Waals surface area (Å²) < 4.78 is 15.8. The van der Waals surface area contributed by atoms with Gasteiger partial charge in [-0.25, -0.2) is 0 Å². The van der Waals surface area contributed by atoms with E-state index in [9.17, 15) is 9.59 Å². The number of hydrogen-bond donors (Lipinski definition) is 2. The molecule has 0 spiro atoms. The number of nitrogens with one attached hydrogen (secondary N) is 2. The van der Waals surface area contributed by atoms with Gasteiger partial charge in [0, 0.05) is 17.7 Å². The van der Waals surface area contributed by atoms with Crippen LogP contribution in [0.4, 0.5) is 5.69 Å². The number of quaternary nitrogens is 1. The Balaban J connectivity index is 1.86. The fourth-order valence-electron chi connectivity index (χ4n) is 4.15. The molecule has 1 amide bonds. The van der Waals surface area contributed by atoms with Gasteiger partial charge in [0.05, 0.1) is 27.9 Å². The quantitative estimate of drug-likeness (QED) is 0.661. The molecule has 0 saturated heterocycles. The molecular formula is C24H31N2O5+. The third-order valence-electron chi connectivity index (χ3n) is 5.88. The van der Waals surface area contributed by atoms with Crippen LogP contribution in [0.15, 0.2) is 30.3 Å². The third kappa shape index (κ3) is 5.17. The van der Waals surface area contributed by atoms with Crippen molar-refractivity contribution in [2.45, 2.75) is 32.7 Å². The highest BCUT2D eigenvalue weighted by Gasteiger charge is 2.35. The van der Waals surface area contributed by atoms with E-state index in [2.05, 4.69) is 5.32 Å². The SMILES string of the molecule is COC(=O)C[C@H]1c2cc(OC)c(OC)cc2CC[NH+]1CC(=O)Nc1cc(C)ccc1C. The summed E-state index contributed by atoms with van der Waals surface area (Å²) >= 11 is 0. The van der Waals surface area contributed by atoms with Crippen LogP contribution < -0.4 is 19.7 Å². The van der Waals surface area contributed by atoms with Crippen LogP contribution in [-0.4, -0.2) is 46.3 Å². The van der Waals surface area contributed by atoms with Gasteiger partial charge in [-0.15, -0.1) is 0 Å². The number of rotatable bonds is 7. The summed E-state index contributed by atoms with van der Waals surface area (Å²) in [6.07, 6.45) is 0.963. The molecule has 7 nitrogen and oxygen atoms in total. The highest BCUT2D eigenvalue weighted by molar-refractivity contribution is 5.92. The van der Waals surface area contributed by atoms with E-state index in [-0.39, 0.29) is 30.9 Å². The van der Waals surface area contributed by atoms with Crippen LogP contribution in [0, 0.1) is 13.8 Å². The number of carbonyl (C=O) groups is 2. The molecule has 0 saturated carbocycles. The summed E-state index contributed by atoms with van der Waals surface area (Å²) in [5.74, 6) is 0.883. The van der Waals surface area contributed by atoms with Crippen molar-refractivity contribution in [3.8, 4) is 11.5 Å². The maximum Gasteiger partial charge on any atom is 0.311 e. The summed E-state index contributed by atoms with van der Waals surface area (Å²) in [6.45, 7) is 4.95. The van der Waals surface area contributed by atoms with Crippen LogP contribution in [0.2, 0.25) is 0 Å². The minimum absolute atomic E-state index is 0.0810. The molecule has 1 aliphatic heterocycles. The van der Waals surface area contributed by atoms with E-state index in [0.717, 1.165) is 45.8 Å². The number of anilines is 1. The van der Waals surface area contributed by atoms with Gasteiger partial charge in [0.15, 0.2) is 18.0 Å². The second-order valence-corrected chi connectivity index (χ2v) is 7.94. The molecule has 1 heterocycles. The first-order valence-electron chi connectivity index (χ1n) is 10.4. The standard InChI is InChI=1S/C24H30N2O5/c1-15-6-7-16(2)19(10-15)25-23(27)14-26-9-8-17-11-21(29-3)22(30-4)12-18(17)20(26)13-24(28)31-5/h6-7,10-12,20H,8-9,13-14H2,1-5H3,(H,25,27)/p+1/t20-/m0/s1. The van der Waals surface area contributed by atoms with Crippen LogP contribution in [0.25, 0.3) is 0 Å². The average Bonchev–Trinajstić information content (AvgIpc) is 2.76. The van der Waals surface area contributed by atoms with Crippen molar-refractivity contribution in [2.75, 3.05) is 39.7 Å². The summed E-state index contributed by atoms with van der Waals surface area (Å²) in [6, 6.07) is 9.66. The number of benzene rings is 2. The third-order valence-corrected chi connectivity index (χ3v) is 5.88. The Labute approximate surface area is 183 Å². The van der Waals surface area contributed by atoms with Crippen molar-refractivity contribution >= 4 is 17.6 Å². The number of amides is 1. The lowest BCUT2D eigenvalue weighted by Gasteiger charge is -2.34. The largest absolute Gasteiger partial charge is 0.493 e. The molecule has 0 radical (unpaired) electrons. The Hall–Kier alpha value is -3.06. The maximum atomic E-state index is 12.9. The van der Waals surface area contributed by atoms with Gasteiger partial charge in [-0.1, -0.05) is 12.1 Å². The van der Waals surface area contributed by atoms with Crippen molar-refractivity contribution < 1.29 is 28.7 Å². The Morgan fingerprint density at radius 3 is 2.45 bits per heavy atom. The van der Waals surface area contributed by atoms with E-state index in [0.29, 0.717) is 11.5 Å². The van der Waals surface area contributed by atoms with E-state index in [4.69, 9.17) is 14.2 Å². The Morgan fingerprint density at radius 2 is 1.77 bits per heavy atom. The lowest BCUT2D eigenvalue weighted by Crippen LogP contribution is -3.14. The smallest absolute Gasteiger partial charge is 0.311 e. The topological polar surface area (TPSA) is 78.3 Å². The van der Waals surface area contributed by atoms with Gasteiger partial charge in [0.2, 0.25) is 0 Å². The first-order valence-corrected chi connectivity index (χ1v) is 10.4. The van der Waals surface area contributed by atoms with E-state index in [1.54, 1.807) is 14.2 Å². The van der Waals surface area contributed by atoms with Crippen LogP contribution >= 0.6 is 0 Å². The molecule has 7 heteroatoms. The minimum Gasteiger partial charge on any atom is -0.493 e. The Kier molecular flexibility index (Phi) is 7.17. The maximum absolute atomic E-state index is 12.9. The summed E-state index contributed by atoms with van der Waals surface area (Å²) in [5, 5.41) is 3.03. The highest BCUT2D eigenvalue weighted by Crippen LogP contribution is 2.35. The van der Waals surface area contributed by atoms with Gasteiger partial charge < -0.3 is 24.4 Å². The lowest BCUT2D eigenvalue weighted by atomic mass is 9.90. The molecule has 2 aromatic rings. The zero-order chi connectivity index (χ0) is 22.5. The molecule has 1 unspecified atom stereocenters. The van der Waals surface area contributed by atoms with E-state index < -0.39 is 0 Å². The molecule has 166 valence electrons. The number of fused-ring (bicyclic) bond motifs is 1. The molecule has 1 aliphatic rings. The van der Waals surface area contributed by atoms with Crippen LogP contribution in [0.1, 0.15) is 34.7 Å². The molecule has 0 fully saturated rings. The first-order chi connectivity index (χ1) is 14.9. The van der Waals surface area contributed by atoms with Crippen LogP contribution in [0.5, 0.6) is 11.5 Å². The van der Waals surface area contributed by atoms with Crippen molar-refractivity contribution in [1.82, 2.24) is 0 Å². The van der Waals surface area contributed by atoms with E-state index >= 15 is 0 Å². The molecular weight excluding hydrogens is 396 g/mol. The number of ether oxygens (including phenoxy) is 3.